The van der Waals surface area contributed by atoms with E-state index in [9.17, 15) is 9.36 Å². The molecule has 0 bridgehead atoms. The topological polar surface area (TPSA) is 154 Å². The number of hydrogen-bond acceptors (Lipinski definition) is 7. The van der Waals surface area contributed by atoms with Crippen molar-refractivity contribution in [3.8, 4) is 0 Å². The first kappa shape index (κ1) is 14.8. The minimum absolute atomic E-state index is 0.0175. The van der Waals surface area contributed by atoms with E-state index >= 15 is 0 Å². The van der Waals surface area contributed by atoms with Gasteiger partial charge < -0.3 is 30.5 Å². The molecule has 0 amide bonds. The number of nitrogens with one attached hydrogen (secondary N) is 2. The zero-order chi connectivity index (χ0) is 14.8. The van der Waals surface area contributed by atoms with E-state index in [2.05, 4.69) is 15.3 Å². The summed E-state index contributed by atoms with van der Waals surface area (Å²) in [5.41, 5.74) is 5.45. The van der Waals surface area contributed by atoms with Gasteiger partial charge in [0.25, 0.3) is 5.56 Å². The maximum Gasteiger partial charge on any atom is 0.325 e. The van der Waals surface area contributed by atoms with Crippen LogP contribution in [0.1, 0.15) is 6.42 Å². The van der Waals surface area contributed by atoms with Crippen molar-refractivity contribution in [3.05, 3.63) is 10.4 Å². The van der Waals surface area contributed by atoms with Gasteiger partial charge in [0.15, 0.2) is 5.82 Å². The van der Waals surface area contributed by atoms with E-state index in [1.54, 1.807) is 4.90 Å². The third-order valence-corrected chi connectivity index (χ3v) is 3.55. The van der Waals surface area contributed by atoms with Crippen LogP contribution in [0.3, 0.4) is 0 Å². The number of fused-ring (bicyclic) bond motifs is 1. The highest BCUT2D eigenvalue weighted by Gasteiger charge is 2.23. The Balaban J connectivity index is 1.86. The van der Waals surface area contributed by atoms with Crippen LogP contribution in [-0.2, 0) is 9.30 Å². The zero-order valence-corrected chi connectivity index (χ0v) is 11.5. The second-order valence-electron chi connectivity index (χ2n) is 4.30. The molecular formula is C9H16N5O5P. The third-order valence-electron chi connectivity index (χ3n) is 2.65. The highest BCUT2D eigenvalue weighted by Crippen LogP contribution is 2.34. The van der Waals surface area contributed by atoms with E-state index in [1.807, 2.05) is 0 Å². The molecule has 10 nitrogen and oxygen atoms in total. The molecule has 0 aromatic carbocycles. The highest BCUT2D eigenvalue weighted by molar-refractivity contribution is 7.51. The van der Waals surface area contributed by atoms with Crippen molar-refractivity contribution >= 4 is 25.0 Å². The number of aromatic nitrogens is 2. The van der Waals surface area contributed by atoms with Crippen LogP contribution in [0.5, 0.6) is 0 Å². The summed E-state index contributed by atoms with van der Waals surface area (Å²) in [5, 5.41) is 2.87. The Kier molecular flexibility index (Phi) is 4.29. The molecule has 0 unspecified atom stereocenters. The van der Waals surface area contributed by atoms with Gasteiger partial charge in [-0.3, -0.25) is 14.3 Å². The van der Waals surface area contributed by atoms with Crippen LogP contribution in [0.4, 0.5) is 17.5 Å². The quantitative estimate of drug-likeness (QED) is 0.331. The first-order valence-corrected chi connectivity index (χ1v) is 7.67. The summed E-state index contributed by atoms with van der Waals surface area (Å²) in [6.45, 7) is 0.708. The Morgan fingerprint density at radius 1 is 1.50 bits per heavy atom. The molecule has 0 aliphatic carbocycles. The lowest BCUT2D eigenvalue weighted by molar-refractivity contribution is 0.135. The number of nitrogen functional groups attached to an aromatic ring is 1. The number of ether oxygens (including phenoxy) is 1. The Bertz CT molecular complexity index is 585. The molecule has 1 aromatic rings. The molecule has 2 rings (SSSR count). The lowest BCUT2D eigenvalue weighted by atomic mass is 10.5. The summed E-state index contributed by atoms with van der Waals surface area (Å²) in [7, 11) is -3.98. The first-order valence-electron chi connectivity index (χ1n) is 5.88. The zero-order valence-electron chi connectivity index (χ0n) is 10.6. The number of H-pyrrole nitrogens is 1. The van der Waals surface area contributed by atoms with Crippen LogP contribution in [0.15, 0.2) is 4.79 Å². The van der Waals surface area contributed by atoms with Crippen molar-refractivity contribution in [2.24, 2.45) is 0 Å². The second-order valence-corrected chi connectivity index (χ2v) is 6.08. The fourth-order valence-electron chi connectivity index (χ4n) is 1.77. The normalized spacial score (nSPS) is 14.2. The average molecular weight is 305 g/mol. The van der Waals surface area contributed by atoms with E-state index in [4.69, 9.17) is 20.3 Å². The van der Waals surface area contributed by atoms with Crippen molar-refractivity contribution in [1.29, 1.82) is 0 Å². The monoisotopic (exact) mass is 305 g/mol. The maximum atomic E-state index is 11.6. The lowest BCUT2D eigenvalue weighted by Gasteiger charge is -2.16. The van der Waals surface area contributed by atoms with Gasteiger partial charge in [0.05, 0.1) is 12.8 Å². The van der Waals surface area contributed by atoms with Crippen LogP contribution in [0.25, 0.3) is 0 Å². The summed E-state index contributed by atoms with van der Waals surface area (Å²) in [6.07, 6.45) is 0.0377. The molecule has 1 aliphatic heterocycles. The largest absolute Gasteiger partial charge is 0.369 e. The summed E-state index contributed by atoms with van der Waals surface area (Å²) in [6, 6.07) is 0. The molecule has 112 valence electrons. The molecular weight excluding hydrogens is 289 g/mol. The predicted molar refractivity (Wildman–Crippen MR) is 72.6 cm³/mol. The number of aromatic amines is 1. The van der Waals surface area contributed by atoms with Gasteiger partial charge in [-0.05, 0) is 6.42 Å². The molecule has 1 aliphatic rings. The van der Waals surface area contributed by atoms with Gasteiger partial charge in [0.1, 0.15) is 12.4 Å². The van der Waals surface area contributed by atoms with Gasteiger partial charge >= 0.3 is 7.60 Å². The molecule has 11 heteroatoms. The molecule has 6 N–H and O–H groups in total. The van der Waals surface area contributed by atoms with Crippen LogP contribution < -0.4 is 21.5 Å². The van der Waals surface area contributed by atoms with E-state index in [-0.39, 0.29) is 37.4 Å². The number of nitrogens with two attached hydrogens (primary N) is 1. The van der Waals surface area contributed by atoms with Crippen molar-refractivity contribution < 1.29 is 19.1 Å². The molecule has 0 radical (unpaired) electrons. The van der Waals surface area contributed by atoms with Gasteiger partial charge in [-0.15, -0.1) is 0 Å². The van der Waals surface area contributed by atoms with Gasteiger partial charge in [0.2, 0.25) is 5.95 Å². The van der Waals surface area contributed by atoms with Crippen molar-refractivity contribution in [3.63, 3.8) is 0 Å². The number of hydrogen-bond donors (Lipinski definition) is 5. The van der Waals surface area contributed by atoms with Crippen molar-refractivity contribution in [2.45, 2.75) is 6.42 Å². The second kappa shape index (κ2) is 5.80. The minimum atomic E-state index is -3.98. The summed E-state index contributed by atoms with van der Waals surface area (Å²) in [5.74, 6) is 0.421. The molecule has 0 saturated carbocycles. The Labute approximate surface area is 114 Å². The van der Waals surface area contributed by atoms with Gasteiger partial charge in [0, 0.05) is 6.61 Å². The standard InChI is InChI=1S/C9H16N5O5P/c10-9-12-7-6(8(15)13-9)11-4-14(7)5-19-2-1-3-20(16,17)18/h11H,1-5H2,(H2,16,17,18)(H3,10,12,13,15). The highest BCUT2D eigenvalue weighted by atomic mass is 31.2. The van der Waals surface area contributed by atoms with Gasteiger partial charge in [-0.2, -0.15) is 4.98 Å². The fraction of sp³-hybridized carbons (Fsp3) is 0.556. The molecule has 0 atom stereocenters. The van der Waals surface area contributed by atoms with Gasteiger partial charge in [-0.1, -0.05) is 0 Å². The van der Waals surface area contributed by atoms with Crippen molar-refractivity contribution in [2.75, 3.05) is 42.1 Å². The molecule has 20 heavy (non-hydrogen) atoms. The summed E-state index contributed by atoms with van der Waals surface area (Å²) in [4.78, 5) is 37.0. The molecule has 0 saturated heterocycles. The number of rotatable bonds is 6. The maximum absolute atomic E-state index is 11.6. The molecule has 2 heterocycles. The smallest absolute Gasteiger partial charge is 0.325 e. The van der Waals surface area contributed by atoms with Crippen LogP contribution in [0.2, 0.25) is 0 Å². The SMILES string of the molecule is Nc1nc2c(c(=O)[nH]1)NCN2COCCCP(=O)(O)O. The van der Waals surface area contributed by atoms with E-state index in [1.165, 1.54) is 0 Å². The minimum Gasteiger partial charge on any atom is -0.369 e. The Morgan fingerprint density at radius 2 is 2.25 bits per heavy atom. The molecule has 1 aromatic heterocycles. The van der Waals surface area contributed by atoms with E-state index in [0.717, 1.165) is 0 Å². The average Bonchev–Trinajstić information content (AvgIpc) is 2.70. The summed E-state index contributed by atoms with van der Waals surface area (Å²) >= 11 is 0. The molecule has 0 spiro atoms. The van der Waals surface area contributed by atoms with Gasteiger partial charge in [-0.25, -0.2) is 0 Å². The Morgan fingerprint density at radius 3 is 2.95 bits per heavy atom. The molecule has 0 fully saturated rings. The summed E-state index contributed by atoms with van der Waals surface area (Å²) < 4.78 is 15.9. The van der Waals surface area contributed by atoms with Crippen LogP contribution in [0, 0.1) is 0 Å². The van der Waals surface area contributed by atoms with Crippen LogP contribution >= 0.6 is 7.60 Å². The van der Waals surface area contributed by atoms with Crippen LogP contribution in [-0.4, -0.2) is 45.9 Å². The fourth-order valence-corrected chi connectivity index (χ4v) is 2.31. The Hall–Kier alpha value is -1.61. The third kappa shape index (κ3) is 3.70. The lowest BCUT2D eigenvalue weighted by Crippen LogP contribution is -2.27. The van der Waals surface area contributed by atoms with E-state index in [0.29, 0.717) is 18.2 Å². The van der Waals surface area contributed by atoms with E-state index < -0.39 is 7.60 Å². The predicted octanol–water partition coefficient (Wildman–Crippen LogP) is -0.917. The number of anilines is 3. The number of nitrogens with zero attached hydrogens (tertiary/aromatic N) is 2. The van der Waals surface area contributed by atoms with Crippen molar-refractivity contribution in [1.82, 2.24) is 9.97 Å². The first-order chi connectivity index (χ1) is 9.37.